The maximum Gasteiger partial charge on any atom is 0.228 e. The fraction of sp³-hybridized carbons (Fsp3) is 0.500. The summed E-state index contributed by atoms with van der Waals surface area (Å²) in [7, 11) is -3.01. The molecule has 6 nitrogen and oxygen atoms in total. The molecule has 1 atom stereocenters. The van der Waals surface area contributed by atoms with Crippen LogP contribution in [0.4, 0.5) is 5.69 Å². The molecule has 1 aromatic rings. The molecule has 0 radical (unpaired) electrons. The number of carbonyl (C=O) groups is 2. The van der Waals surface area contributed by atoms with E-state index in [4.69, 9.17) is 0 Å². The Hall–Kier alpha value is -1.89. The molecule has 2 fully saturated rings. The molecule has 0 N–H and O–H groups in total. The highest BCUT2D eigenvalue weighted by molar-refractivity contribution is 7.91. The van der Waals surface area contributed by atoms with Crippen LogP contribution < -0.4 is 4.90 Å². The van der Waals surface area contributed by atoms with E-state index in [9.17, 15) is 18.0 Å². The first kappa shape index (κ1) is 16.0. The second kappa shape index (κ2) is 5.96. The van der Waals surface area contributed by atoms with Crippen molar-refractivity contribution in [3.05, 3.63) is 29.8 Å². The molecule has 3 rings (SSSR count). The van der Waals surface area contributed by atoms with E-state index >= 15 is 0 Å². The van der Waals surface area contributed by atoms with Gasteiger partial charge in [0.15, 0.2) is 9.84 Å². The van der Waals surface area contributed by atoms with Crippen molar-refractivity contribution in [3.8, 4) is 0 Å². The quantitative estimate of drug-likeness (QED) is 0.793. The standard InChI is InChI=1S/C16H20N2O4S/c1-12-2-4-14(5-3-12)18-11-13(10-15(18)19)16(20)17-6-8-23(21,22)9-7-17/h2-5,13H,6-11H2,1H3/t13-/m1/s1. The van der Waals surface area contributed by atoms with Gasteiger partial charge in [-0.05, 0) is 19.1 Å². The monoisotopic (exact) mass is 336 g/mol. The lowest BCUT2D eigenvalue weighted by atomic mass is 10.1. The first-order chi connectivity index (χ1) is 10.9. The minimum Gasteiger partial charge on any atom is -0.340 e. The van der Waals surface area contributed by atoms with Crippen molar-refractivity contribution in [1.29, 1.82) is 0 Å². The molecule has 0 spiro atoms. The normalized spacial score (nSPS) is 24.0. The molecule has 1 aromatic carbocycles. The molecule has 0 aromatic heterocycles. The summed E-state index contributed by atoms with van der Waals surface area (Å²) < 4.78 is 22.9. The number of rotatable bonds is 2. The Bertz CT molecular complexity index is 713. The van der Waals surface area contributed by atoms with Crippen molar-refractivity contribution < 1.29 is 18.0 Å². The van der Waals surface area contributed by atoms with E-state index in [0.29, 0.717) is 6.54 Å². The van der Waals surface area contributed by atoms with Crippen molar-refractivity contribution in [2.24, 2.45) is 5.92 Å². The van der Waals surface area contributed by atoms with Gasteiger partial charge in [0, 0.05) is 31.7 Å². The Balaban J connectivity index is 1.67. The van der Waals surface area contributed by atoms with Crippen LogP contribution in [0.25, 0.3) is 0 Å². The number of benzene rings is 1. The van der Waals surface area contributed by atoms with Crippen LogP contribution in [-0.2, 0) is 19.4 Å². The van der Waals surface area contributed by atoms with Gasteiger partial charge in [-0.1, -0.05) is 17.7 Å². The lowest BCUT2D eigenvalue weighted by molar-refractivity contribution is -0.135. The Morgan fingerprint density at radius 1 is 1.13 bits per heavy atom. The van der Waals surface area contributed by atoms with Crippen LogP contribution in [0.2, 0.25) is 0 Å². The van der Waals surface area contributed by atoms with Crippen molar-refractivity contribution in [3.63, 3.8) is 0 Å². The zero-order valence-corrected chi connectivity index (χ0v) is 13.9. The first-order valence-corrected chi connectivity index (χ1v) is 9.54. The van der Waals surface area contributed by atoms with E-state index in [1.54, 1.807) is 9.80 Å². The average molecular weight is 336 g/mol. The number of anilines is 1. The zero-order chi connectivity index (χ0) is 16.6. The molecule has 2 amide bonds. The van der Waals surface area contributed by atoms with Gasteiger partial charge in [0.1, 0.15) is 0 Å². The fourth-order valence-corrected chi connectivity index (χ4v) is 4.24. The molecular weight excluding hydrogens is 316 g/mol. The van der Waals surface area contributed by atoms with Gasteiger partial charge in [-0.25, -0.2) is 8.42 Å². The smallest absolute Gasteiger partial charge is 0.228 e. The van der Waals surface area contributed by atoms with Crippen LogP contribution >= 0.6 is 0 Å². The minimum absolute atomic E-state index is 0.0150. The van der Waals surface area contributed by atoms with Crippen molar-refractivity contribution in [2.45, 2.75) is 13.3 Å². The van der Waals surface area contributed by atoms with E-state index in [-0.39, 0.29) is 48.7 Å². The van der Waals surface area contributed by atoms with Gasteiger partial charge >= 0.3 is 0 Å². The van der Waals surface area contributed by atoms with Gasteiger partial charge in [-0.2, -0.15) is 0 Å². The highest BCUT2D eigenvalue weighted by Crippen LogP contribution is 2.27. The molecule has 124 valence electrons. The maximum absolute atomic E-state index is 12.5. The van der Waals surface area contributed by atoms with Crippen LogP contribution in [0.5, 0.6) is 0 Å². The third-order valence-corrected chi connectivity index (χ3v) is 6.09. The summed E-state index contributed by atoms with van der Waals surface area (Å²) in [6, 6.07) is 7.64. The van der Waals surface area contributed by atoms with E-state index in [1.165, 1.54) is 0 Å². The van der Waals surface area contributed by atoms with Crippen molar-refractivity contribution in [1.82, 2.24) is 4.90 Å². The van der Waals surface area contributed by atoms with Gasteiger partial charge in [-0.3, -0.25) is 9.59 Å². The van der Waals surface area contributed by atoms with E-state index < -0.39 is 9.84 Å². The molecule has 0 aliphatic carbocycles. The van der Waals surface area contributed by atoms with Crippen LogP contribution in [0.3, 0.4) is 0 Å². The molecule has 2 aliphatic heterocycles. The van der Waals surface area contributed by atoms with Crippen LogP contribution in [0.1, 0.15) is 12.0 Å². The second-order valence-corrected chi connectivity index (χ2v) is 8.52. The number of aryl methyl sites for hydroxylation is 1. The molecule has 2 aliphatic rings. The Kier molecular flexibility index (Phi) is 4.14. The van der Waals surface area contributed by atoms with Gasteiger partial charge in [-0.15, -0.1) is 0 Å². The molecule has 0 unspecified atom stereocenters. The lowest BCUT2D eigenvalue weighted by Gasteiger charge is -2.29. The Labute approximate surface area is 136 Å². The summed E-state index contributed by atoms with van der Waals surface area (Å²) in [5, 5.41) is 0. The summed E-state index contributed by atoms with van der Waals surface area (Å²) in [6.45, 7) is 2.81. The van der Waals surface area contributed by atoms with Crippen molar-refractivity contribution in [2.75, 3.05) is 36.0 Å². The number of hydrogen-bond donors (Lipinski definition) is 0. The predicted octanol–water partition coefficient (Wildman–Crippen LogP) is 0.605. The molecule has 0 bridgehead atoms. The van der Waals surface area contributed by atoms with Gasteiger partial charge in [0.05, 0.1) is 17.4 Å². The Morgan fingerprint density at radius 3 is 2.35 bits per heavy atom. The second-order valence-electron chi connectivity index (χ2n) is 6.22. The highest BCUT2D eigenvalue weighted by Gasteiger charge is 2.38. The summed E-state index contributed by atoms with van der Waals surface area (Å²) in [5.74, 6) is -0.522. The Morgan fingerprint density at radius 2 is 1.74 bits per heavy atom. The fourth-order valence-electron chi connectivity index (χ4n) is 3.04. The summed E-state index contributed by atoms with van der Waals surface area (Å²) in [6.07, 6.45) is 0.190. The topological polar surface area (TPSA) is 74.8 Å². The molecule has 2 heterocycles. The lowest BCUT2D eigenvalue weighted by Crippen LogP contribution is -2.46. The predicted molar refractivity (Wildman–Crippen MR) is 86.9 cm³/mol. The molecule has 7 heteroatoms. The van der Waals surface area contributed by atoms with Gasteiger partial charge in [0.2, 0.25) is 11.8 Å². The summed E-state index contributed by atoms with van der Waals surface area (Å²) in [4.78, 5) is 28.0. The van der Waals surface area contributed by atoms with E-state index in [2.05, 4.69) is 0 Å². The van der Waals surface area contributed by atoms with Gasteiger partial charge < -0.3 is 9.80 Å². The molecule has 0 saturated carbocycles. The number of nitrogens with zero attached hydrogens (tertiary/aromatic N) is 2. The van der Waals surface area contributed by atoms with E-state index in [0.717, 1.165) is 11.3 Å². The molecule has 23 heavy (non-hydrogen) atoms. The minimum atomic E-state index is -3.01. The third kappa shape index (κ3) is 3.39. The molecule has 2 saturated heterocycles. The largest absolute Gasteiger partial charge is 0.340 e. The van der Waals surface area contributed by atoms with Crippen LogP contribution in [0.15, 0.2) is 24.3 Å². The SMILES string of the molecule is Cc1ccc(N2C[C@H](C(=O)N3CCS(=O)(=O)CC3)CC2=O)cc1. The summed E-state index contributed by atoms with van der Waals surface area (Å²) in [5.41, 5.74) is 1.92. The first-order valence-electron chi connectivity index (χ1n) is 7.72. The third-order valence-electron chi connectivity index (χ3n) is 4.48. The molecular formula is C16H20N2O4S. The zero-order valence-electron chi connectivity index (χ0n) is 13.1. The van der Waals surface area contributed by atoms with Crippen LogP contribution in [-0.4, -0.2) is 56.3 Å². The van der Waals surface area contributed by atoms with Gasteiger partial charge in [0.25, 0.3) is 0 Å². The number of carbonyl (C=O) groups excluding carboxylic acids is 2. The number of sulfone groups is 1. The summed E-state index contributed by atoms with van der Waals surface area (Å²) >= 11 is 0. The van der Waals surface area contributed by atoms with Crippen molar-refractivity contribution >= 4 is 27.3 Å². The maximum atomic E-state index is 12.5. The van der Waals surface area contributed by atoms with E-state index in [1.807, 2.05) is 31.2 Å². The average Bonchev–Trinajstić information content (AvgIpc) is 2.89. The van der Waals surface area contributed by atoms with Crippen LogP contribution in [0, 0.1) is 12.8 Å². The highest BCUT2D eigenvalue weighted by atomic mass is 32.2. The number of amides is 2. The number of hydrogen-bond acceptors (Lipinski definition) is 4.